The molecule has 3 heterocycles. The normalized spacial score (nSPS) is 20.5. The van der Waals surface area contributed by atoms with E-state index in [2.05, 4.69) is 18.8 Å². The fourth-order valence-electron chi connectivity index (χ4n) is 5.05. The molecule has 5 nitrogen and oxygen atoms in total. The number of likely N-dealkylation sites (tertiary alicyclic amines) is 1. The topological polar surface area (TPSA) is 48.6 Å². The van der Waals surface area contributed by atoms with Gasteiger partial charge in [0.25, 0.3) is 6.43 Å². The van der Waals surface area contributed by atoms with Crippen LogP contribution in [0.3, 0.4) is 0 Å². The summed E-state index contributed by atoms with van der Waals surface area (Å²) < 4.78 is 31.1. The van der Waals surface area contributed by atoms with E-state index in [9.17, 15) is 13.6 Å². The van der Waals surface area contributed by atoms with Crippen LogP contribution in [0.15, 0.2) is 18.2 Å². The van der Waals surface area contributed by atoms with Crippen molar-refractivity contribution in [2.75, 3.05) is 32.8 Å². The van der Waals surface area contributed by atoms with Crippen molar-refractivity contribution in [3.8, 4) is 0 Å². The third-order valence-corrected chi connectivity index (χ3v) is 6.84. The molecule has 2 aliphatic heterocycles. The molecule has 0 aliphatic carbocycles. The lowest BCUT2D eigenvalue weighted by Crippen LogP contribution is -2.44. The Morgan fingerprint density at radius 2 is 2.00 bits per heavy atom. The van der Waals surface area contributed by atoms with Gasteiger partial charge in [-0.25, -0.2) is 8.78 Å². The first-order valence-corrected chi connectivity index (χ1v) is 11.9. The molecule has 1 aromatic heterocycles. The Morgan fingerprint density at radius 3 is 2.69 bits per heavy atom. The molecular formula is C24H32ClF2N3O2. The number of hydrogen-bond donors (Lipinski definition) is 1. The summed E-state index contributed by atoms with van der Waals surface area (Å²) >= 11 is 6.23. The number of carbonyl (C=O) groups excluding carboxylic acids is 1. The number of nitrogens with one attached hydrogen (secondary N) is 1. The number of carbonyl (C=O) groups is 1. The Bertz CT molecular complexity index is 941. The number of aromatic nitrogens is 1. The standard InChI is InChI=1S/C24H32ClF2N3O2/c1-15(2)11-21-24-18(19-12-16(25)3-4-20(19)28-24)7-10-30(21)23(31)14-32-17-5-8-29(9-6-17)13-22(26)27/h3-4,12,15,17,21-22,28H,5-11,13-14H2,1-2H3. The molecule has 2 aromatic rings. The molecule has 0 saturated carbocycles. The molecule has 4 rings (SSSR count). The Kier molecular flexibility index (Phi) is 7.37. The smallest absolute Gasteiger partial charge is 0.251 e. The highest BCUT2D eigenvalue weighted by atomic mass is 35.5. The second-order valence-electron chi connectivity index (χ2n) is 9.39. The zero-order chi connectivity index (χ0) is 22.8. The summed E-state index contributed by atoms with van der Waals surface area (Å²) in [5, 5.41) is 1.85. The number of fused-ring (bicyclic) bond motifs is 3. The van der Waals surface area contributed by atoms with Crippen LogP contribution in [0.2, 0.25) is 5.02 Å². The number of benzene rings is 1. The van der Waals surface area contributed by atoms with Gasteiger partial charge in [-0.15, -0.1) is 0 Å². The molecule has 8 heteroatoms. The number of alkyl halides is 2. The summed E-state index contributed by atoms with van der Waals surface area (Å²) in [5.41, 5.74) is 3.41. The van der Waals surface area contributed by atoms with E-state index in [0.29, 0.717) is 43.4 Å². The maximum absolute atomic E-state index is 13.2. The first-order valence-electron chi connectivity index (χ1n) is 11.5. The summed E-state index contributed by atoms with van der Waals surface area (Å²) in [5.74, 6) is 0.421. The number of amides is 1. The van der Waals surface area contributed by atoms with E-state index >= 15 is 0 Å². The van der Waals surface area contributed by atoms with Gasteiger partial charge in [-0.2, -0.15) is 0 Å². The van der Waals surface area contributed by atoms with Crippen LogP contribution in [0.5, 0.6) is 0 Å². The minimum absolute atomic E-state index is 0.00648. The Balaban J connectivity index is 1.42. The summed E-state index contributed by atoms with van der Waals surface area (Å²) in [4.78, 5) is 20.4. The molecule has 1 amide bonds. The number of nitrogens with zero attached hydrogens (tertiary/aromatic N) is 2. The first kappa shape index (κ1) is 23.5. The highest BCUT2D eigenvalue weighted by molar-refractivity contribution is 6.31. The number of halogens is 3. The van der Waals surface area contributed by atoms with Gasteiger partial charge >= 0.3 is 0 Å². The number of rotatable bonds is 7. The van der Waals surface area contributed by atoms with Gasteiger partial charge in [0.2, 0.25) is 5.91 Å². The second-order valence-corrected chi connectivity index (χ2v) is 9.83. The van der Waals surface area contributed by atoms with Gasteiger partial charge in [0.15, 0.2) is 0 Å². The van der Waals surface area contributed by atoms with E-state index in [0.717, 1.165) is 29.4 Å². The summed E-state index contributed by atoms with van der Waals surface area (Å²) in [6.45, 7) is 6.01. The molecule has 0 radical (unpaired) electrons. The molecule has 1 atom stereocenters. The van der Waals surface area contributed by atoms with Gasteiger partial charge < -0.3 is 14.6 Å². The minimum Gasteiger partial charge on any atom is -0.368 e. The van der Waals surface area contributed by atoms with E-state index in [1.807, 2.05) is 23.1 Å². The van der Waals surface area contributed by atoms with Crippen LogP contribution in [-0.2, 0) is 16.0 Å². The SMILES string of the molecule is CC(C)CC1c2[nH]c3ccc(Cl)cc3c2CCN1C(=O)COC1CCN(CC(F)F)CC1. The average Bonchev–Trinajstić information content (AvgIpc) is 3.11. The van der Waals surface area contributed by atoms with Crippen LogP contribution >= 0.6 is 11.6 Å². The van der Waals surface area contributed by atoms with Crippen molar-refractivity contribution in [1.29, 1.82) is 0 Å². The van der Waals surface area contributed by atoms with Gasteiger partial charge in [-0.1, -0.05) is 25.4 Å². The van der Waals surface area contributed by atoms with Crippen molar-refractivity contribution in [3.05, 3.63) is 34.5 Å². The largest absolute Gasteiger partial charge is 0.368 e. The van der Waals surface area contributed by atoms with Crippen LogP contribution in [0.25, 0.3) is 10.9 Å². The lowest BCUT2D eigenvalue weighted by atomic mass is 9.91. The van der Waals surface area contributed by atoms with E-state index in [1.54, 1.807) is 4.90 Å². The van der Waals surface area contributed by atoms with Gasteiger partial charge in [-0.3, -0.25) is 9.69 Å². The van der Waals surface area contributed by atoms with Crippen molar-refractivity contribution < 1.29 is 18.3 Å². The number of piperidine rings is 1. The highest BCUT2D eigenvalue weighted by Crippen LogP contribution is 2.38. The third-order valence-electron chi connectivity index (χ3n) is 6.60. The maximum Gasteiger partial charge on any atom is 0.251 e. The van der Waals surface area contributed by atoms with Crippen molar-refractivity contribution in [1.82, 2.24) is 14.8 Å². The second kappa shape index (κ2) is 10.1. The van der Waals surface area contributed by atoms with Gasteiger partial charge in [0, 0.05) is 41.3 Å². The monoisotopic (exact) mass is 467 g/mol. The quantitative estimate of drug-likeness (QED) is 0.620. The predicted octanol–water partition coefficient (Wildman–Crippen LogP) is 5.04. The molecule has 2 aliphatic rings. The van der Waals surface area contributed by atoms with E-state index < -0.39 is 6.43 Å². The molecule has 1 saturated heterocycles. The van der Waals surface area contributed by atoms with E-state index in [1.165, 1.54) is 5.56 Å². The fourth-order valence-corrected chi connectivity index (χ4v) is 5.23. The van der Waals surface area contributed by atoms with Crippen molar-refractivity contribution in [2.24, 2.45) is 5.92 Å². The molecule has 176 valence electrons. The molecule has 32 heavy (non-hydrogen) atoms. The Hall–Kier alpha value is -1.70. The minimum atomic E-state index is -2.31. The van der Waals surface area contributed by atoms with Crippen molar-refractivity contribution in [3.63, 3.8) is 0 Å². The Labute approximate surface area is 193 Å². The zero-order valence-electron chi connectivity index (χ0n) is 18.8. The van der Waals surface area contributed by atoms with E-state index in [4.69, 9.17) is 16.3 Å². The van der Waals surface area contributed by atoms with Crippen LogP contribution in [0.4, 0.5) is 8.78 Å². The van der Waals surface area contributed by atoms with Gasteiger partial charge in [0.1, 0.15) is 6.61 Å². The summed E-state index contributed by atoms with van der Waals surface area (Å²) in [7, 11) is 0. The first-order chi connectivity index (χ1) is 15.3. The van der Waals surface area contributed by atoms with Crippen molar-refractivity contribution in [2.45, 2.75) is 58.1 Å². The third kappa shape index (κ3) is 5.26. The number of H-pyrrole nitrogens is 1. The predicted molar refractivity (Wildman–Crippen MR) is 122 cm³/mol. The molecular weight excluding hydrogens is 436 g/mol. The lowest BCUT2D eigenvalue weighted by molar-refractivity contribution is -0.142. The number of hydrogen-bond acceptors (Lipinski definition) is 3. The lowest BCUT2D eigenvalue weighted by Gasteiger charge is -2.37. The number of ether oxygens (including phenoxy) is 1. The van der Waals surface area contributed by atoms with Crippen LogP contribution in [0, 0.1) is 5.92 Å². The van der Waals surface area contributed by atoms with Gasteiger partial charge in [-0.05, 0) is 55.4 Å². The summed E-state index contributed by atoms with van der Waals surface area (Å²) in [6, 6.07) is 5.86. The molecule has 1 N–H and O–H groups in total. The molecule has 0 spiro atoms. The molecule has 0 bridgehead atoms. The van der Waals surface area contributed by atoms with Crippen molar-refractivity contribution >= 4 is 28.4 Å². The number of aromatic amines is 1. The van der Waals surface area contributed by atoms with Crippen LogP contribution < -0.4 is 0 Å². The zero-order valence-corrected chi connectivity index (χ0v) is 19.5. The highest BCUT2D eigenvalue weighted by Gasteiger charge is 2.34. The summed E-state index contributed by atoms with van der Waals surface area (Å²) in [6.07, 6.45) is 0.654. The van der Waals surface area contributed by atoms with Crippen LogP contribution in [0.1, 0.15) is 50.4 Å². The maximum atomic E-state index is 13.2. The van der Waals surface area contributed by atoms with E-state index in [-0.39, 0.29) is 31.2 Å². The fraction of sp³-hybridized carbons (Fsp3) is 0.625. The van der Waals surface area contributed by atoms with Gasteiger partial charge in [0.05, 0.1) is 18.7 Å². The Morgan fingerprint density at radius 1 is 1.25 bits per heavy atom. The van der Waals surface area contributed by atoms with Crippen LogP contribution in [-0.4, -0.2) is 66.0 Å². The average molecular weight is 468 g/mol. The molecule has 1 aromatic carbocycles. The molecule has 1 fully saturated rings. The molecule has 1 unspecified atom stereocenters.